The molecule has 0 radical (unpaired) electrons. The van der Waals surface area contributed by atoms with Crippen LogP contribution in [0.3, 0.4) is 0 Å². The third kappa shape index (κ3) is 6.28. The lowest BCUT2D eigenvalue weighted by Gasteiger charge is -2.31. The van der Waals surface area contributed by atoms with E-state index in [-0.39, 0.29) is 0 Å². The van der Waals surface area contributed by atoms with Gasteiger partial charge in [0.2, 0.25) is 10.0 Å². The van der Waals surface area contributed by atoms with Crippen LogP contribution in [0.15, 0.2) is 117 Å². The van der Waals surface area contributed by atoms with Gasteiger partial charge in [-0.05, 0) is 84.8 Å². The number of aromatic nitrogens is 1. The number of piperidine rings is 1. The van der Waals surface area contributed by atoms with Crippen molar-refractivity contribution in [1.82, 2.24) is 8.87 Å². The summed E-state index contributed by atoms with van der Waals surface area (Å²) >= 11 is 1.53. The van der Waals surface area contributed by atoms with E-state index in [1.165, 1.54) is 16.9 Å². The average molecular weight is 600 g/mol. The Kier molecular flexibility index (Phi) is 8.41. The van der Waals surface area contributed by atoms with Gasteiger partial charge in [0.1, 0.15) is 11.5 Å². The van der Waals surface area contributed by atoms with Crippen LogP contribution in [0, 0.1) is 5.92 Å². The summed E-state index contributed by atoms with van der Waals surface area (Å²) in [6.45, 7) is 1.59. The Morgan fingerprint density at radius 2 is 1.67 bits per heavy atom. The maximum Gasteiger partial charge on any atom is 0.243 e. The second-order valence-corrected chi connectivity index (χ2v) is 13.2. The number of benzene rings is 3. The quantitative estimate of drug-likeness (QED) is 0.188. The molecule has 216 valence electrons. The number of hydrogen-bond donors (Lipinski definition) is 0. The number of sulfonamides is 1. The Morgan fingerprint density at radius 1 is 0.929 bits per heavy atom. The topological polar surface area (TPSA) is 77.0 Å². The first-order valence-corrected chi connectivity index (χ1v) is 16.4. The van der Waals surface area contributed by atoms with E-state index in [4.69, 9.17) is 14.1 Å². The van der Waals surface area contributed by atoms with E-state index in [0.29, 0.717) is 30.4 Å². The Morgan fingerprint density at radius 3 is 2.33 bits per heavy atom. The molecule has 0 saturated carbocycles. The minimum Gasteiger partial charge on any atom is -0.497 e. The van der Waals surface area contributed by atoms with E-state index < -0.39 is 10.0 Å². The van der Waals surface area contributed by atoms with Crippen LogP contribution in [0.2, 0.25) is 0 Å². The summed E-state index contributed by atoms with van der Waals surface area (Å²) in [5, 5.41) is 2.05. The minimum absolute atomic E-state index is 0.323. The van der Waals surface area contributed by atoms with Crippen molar-refractivity contribution in [3.8, 4) is 17.0 Å². The molecule has 5 aromatic rings. The van der Waals surface area contributed by atoms with E-state index in [0.717, 1.165) is 52.5 Å². The molecule has 9 heteroatoms. The number of thiazole rings is 1. The Bertz CT molecular complexity index is 1770. The zero-order chi connectivity index (χ0) is 28.9. The first-order chi connectivity index (χ1) is 20.5. The molecule has 3 heterocycles. The van der Waals surface area contributed by atoms with Gasteiger partial charge in [0.15, 0.2) is 4.80 Å². The highest BCUT2D eigenvalue weighted by Crippen LogP contribution is 2.29. The second-order valence-electron chi connectivity index (χ2n) is 10.4. The number of nitrogens with zero attached hydrogens (tertiary/aromatic N) is 3. The summed E-state index contributed by atoms with van der Waals surface area (Å²) in [4.78, 5) is 6.01. The summed E-state index contributed by atoms with van der Waals surface area (Å²) in [6.07, 6.45) is 4.39. The van der Waals surface area contributed by atoms with Crippen molar-refractivity contribution in [2.75, 3.05) is 20.2 Å². The monoisotopic (exact) mass is 599 g/mol. The fraction of sp³-hybridized carbons (Fsp3) is 0.242. The fourth-order valence-corrected chi connectivity index (χ4v) is 7.77. The molecule has 0 bridgehead atoms. The molecule has 0 atom stereocenters. The highest BCUT2D eigenvalue weighted by Gasteiger charge is 2.29. The van der Waals surface area contributed by atoms with Gasteiger partial charge < -0.3 is 13.7 Å². The zero-order valence-corrected chi connectivity index (χ0v) is 25.1. The normalized spacial score (nSPS) is 15.2. The molecule has 0 N–H and O–H groups in total. The molecule has 0 amide bonds. The van der Waals surface area contributed by atoms with E-state index in [9.17, 15) is 8.42 Å². The lowest BCUT2D eigenvalue weighted by Crippen LogP contribution is -2.38. The van der Waals surface area contributed by atoms with E-state index in [1.807, 2.05) is 60.0 Å². The van der Waals surface area contributed by atoms with Crippen LogP contribution in [-0.2, 0) is 23.0 Å². The highest BCUT2D eigenvalue weighted by atomic mass is 32.2. The largest absolute Gasteiger partial charge is 0.497 e. The molecule has 6 rings (SSSR count). The molecular formula is C33H33N3O4S2. The number of furan rings is 1. The summed E-state index contributed by atoms with van der Waals surface area (Å²) in [5.41, 5.74) is 3.97. The van der Waals surface area contributed by atoms with Crippen molar-refractivity contribution in [1.29, 1.82) is 0 Å². The Labute approximate surface area is 250 Å². The van der Waals surface area contributed by atoms with Crippen LogP contribution >= 0.6 is 11.3 Å². The van der Waals surface area contributed by atoms with Gasteiger partial charge in [-0.25, -0.2) is 13.4 Å². The molecule has 0 spiro atoms. The van der Waals surface area contributed by atoms with Gasteiger partial charge in [0, 0.05) is 18.5 Å². The van der Waals surface area contributed by atoms with Crippen molar-refractivity contribution < 1.29 is 17.6 Å². The van der Waals surface area contributed by atoms with Gasteiger partial charge in [-0.2, -0.15) is 4.31 Å². The smallest absolute Gasteiger partial charge is 0.243 e. The van der Waals surface area contributed by atoms with Crippen molar-refractivity contribution in [3.63, 3.8) is 0 Å². The molecule has 1 aliphatic heterocycles. The molecular weight excluding hydrogens is 567 g/mol. The van der Waals surface area contributed by atoms with Crippen LogP contribution in [0.25, 0.3) is 11.3 Å². The molecule has 1 aliphatic rings. The van der Waals surface area contributed by atoms with E-state index >= 15 is 0 Å². The van der Waals surface area contributed by atoms with Crippen molar-refractivity contribution in [3.05, 3.63) is 119 Å². The molecule has 1 fully saturated rings. The summed E-state index contributed by atoms with van der Waals surface area (Å²) in [7, 11) is -1.92. The van der Waals surface area contributed by atoms with E-state index in [1.54, 1.807) is 29.8 Å². The number of hydrogen-bond acceptors (Lipinski definition) is 6. The first kappa shape index (κ1) is 28.2. The molecule has 1 saturated heterocycles. The summed E-state index contributed by atoms with van der Waals surface area (Å²) < 4.78 is 41.7. The van der Waals surface area contributed by atoms with Gasteiger partial charge in [-0.1, -0.05) is 42.5 Å². The van der Waals surface area contributed by atoms with Gasteiger partial charge in [-0.15, -0.1) is 11.3 Å². The van der Waals surface area contributed by atoms with Crippen molar-refractivity contribution >= 4 is 27.0 Å². The molecule has 7 nitrogen and oxygen atoms in total. The van der Waals surface area contributed by atoms with E-state index in [2.05, 4.69) is 28.8 Å². The zero-order valence-electron chi connectivity index (χ0n) is 23.4. The van der Waals surface area contributed by atoms with Crippen molar-refractivity contribution in [2.24, 2.45) is 10.9 Å². The molecule has 3 aromatic carbocycles. The third-order valence-corrected chi connectivity index (χ3v) is 10.5. The number of methoxy groups -OCH3 is 1. The van der Waals surface area contributed by atoms with Crippen LogP contribution in [0.1, 0.15) is 24.2 Å². The van der Waals surface area contributed by atoms with Crippen LogP contribution in [0.5, 0.6) is 5.75 Å². The maximum absolute atomic E-state index is 13.5. The summed E-state index contributed by atoms with van der Waals surface area (Å²) in [6, 6.07) is 29.0. The van der Waals surface area contributed by atoms with Crippen LogP contribution in [-0.4, -0.2) is 37.5 Å². The van der Waals surface area contributed by atoms with Crippen molar-refractivity contribution in [2.45, 2.75) is 30.7 Å². The van der Waals surface area contributed by atoms with Gasteiger partial charge in [0.25, 0.3) is 0 Å². The minimum atomic E-state index is -3.56. The fourth-order valence-electron chi connectivity index (χ4n) is 5.38. The second kappa shape index (κ2) is 12.5. The molecule has 42 heavy (non-hydrogen) atoms. The van der Waals surface area contributed by atoms with Gasteiger partial charge >= 0.3 is 0 Å². The number of rotatable bonds is 9. The molecule has 2 aromatic heterocycles. The molecule has 0 unspecified atom stereocenters. The maximum atomic E-state index is 13.5. The first-order valence-electron chi connectivity index (χ1n) is 14.0. The lowest BCUT2D eigenvalue weighted by molar-refractivity contribution is 0.273. The van der Waals surface area contributed by atoms with Gasteiger partial charge in [0.05, 0.1) is 36.2 Å². The Hall–Kier alpha value is -3.92. The predicted molar refractivity (Wildman–Crippen MR) is 165 cm³/mol. The van der Waals surface area contributed by atoms with Crippen LogP contribution in [0.4, 0.5) is 5.69 Å². The standard InChI is InChI=1S/C33H33N3O4S2/c1-39-29-13-11-28(12-14-29)34-33-36(23-30-8-5-21-40-30)32(24-41-33)27-9-15-31(16-10-27)42(37,38)35-19-17-26(18-20-35)22-25-6-3-2-4-7-25/h2-16,21,24,26H,17-20,22-23H2,1H3. The third-order valence-electron chi connectivity index (χ3n) is 7.72. The highest BCUT2D eigenvalue weighted by molar-refractivity contribution is 7.89. The summed E-state index contributed by atoms with van der Waals surface area (Å²) in [5.74, 6) is 2.08. The predicted octanol–water partition coefficient (Wildman–Crippen LogP) is 6.74. The SMILES string of the molecule is COc1ccc(N=c2scc(-c3ccc(S(=O)(=O)N4CCC(Cc5ccccc5)CC4)cc3)n2Cc2ccco2)cc1. The lowest BCUT2D eigenvalue weighted by atomic mass is 9.91. The number of ether oxygens (including phenoxy) is 1. The van der Waals surface area contributed by atoms with Crippen LogP contribution < -0.4 is 9.54 Å². The van der Waals surface area contributed by atoms with Gasteiger partial charge in [-0.3, -0.25) is 0 Å². The Balaban J connectivity index is 1.22. The molecule has 0 aliphatic carbocycles. The average Bonchev–Trinajstić information content (AvgIpc) is 3.69.